The molecule has 1 aromatic rings. The maximum absolute atomic E-state index is 5.94. The molecule has 3 N–H and O–H groups in total. The van der Waals surface area contributed by atoms with E-state index in [1.807, 2.05) is 12.1 Å². The standard InChI is InChI=1S/C14H23N3O/c1-11(15)10-17-8-7-16-9-13(17)12-5-3-4-6-14(12)18-2/h3-6,11,13,16H,7-10,15H2,1-2H3. The van der Waals surface area contributed by atoms with E-state index in [-0.39, 0.29) is 6.04 Å². The van der Waals surface area contributed by atoms with E-state index in [2.05, 4.69) is 29.3 Å². The van der Waals surface area contributed by atoms with E-state index in [9.17, 15) is 0 Å². The summed E-state index contributed by atoms with van der Waals surface area (Å²) in [5.74, 6) is 0.959. The molecule has 1 heterocycles. The van der Waals surface area contributed by atoms with Crippen LogP contribution in [0, 0.1) is 0 Å². The third-order valence-corrected chi connectivity index (χ3v) is 3.37. The summed E-state index contributed by atoms with van der Waals surface area (Å²) in [5, 5.41) is 3.45. The second-order valence-electron chi connectivity index (χ2n) is 4.93. The van der Waals surface area contributed by atoms with Crippen molar-refractivity contribution >= 4 is 0 Å². The molecule has 1 aliphatic heterocycles. The summed E-state index contributed by atoms with van der Waals surface area (Å²) in [5.41, 5.74) is 7.18. The molecule has 0 spiro atoms. The first-order chi connectivity index (χ1) is 8.72. The molecule has 1 fully saturated rings. The Kier molecular flexibility index (Phi) is 4.58. The average molecular weight is 249 g/mol. The van der Waals surface area contributed by atoms with Gasteiger partial charge in [0.1, 0.15) is 5.75 Å². The van der Waals surface area contributed by atoms with E-state index in [0.29, 0.717) is 6.04 Å². The second-order valence-corrected chi connectivity index (χ2v) is 4.93. The van der Waals surface area contributed by atoms with Gasteiger partial charge in [-0.05, 0) is 13.0 Å². The highest BCUT2D eigenvalue weighted by Crippen LogP contribution is 2.29. The lowest BCUT2D eigenvalue weighted by Gasteiger charge is -2.37. The molecule has 4 nitrogen and oxygen atoms in total. The van der Waals surface area contributed by atoms with Crippen LogP contribution in [0.1, 0.15) is 18.5 Å². The van der Waals surface area contributed by atoms with E-state index in [1.54, 1.807) is 7.11 Å². The van der Waals surface area contributed by atoms with Gasteiger partial charge >= 0.3 is 0 Å². The summed E-state index contributed by atoms with van der Waals surface area (Å²) in [6.07, 6.45) is 0. The highest BCUT2D eigenvalue weighted by Gasteiger charge is 2.26. The number of nitrogens with zero attached hydrogens (tertiary/aromatic N) is 1. The lowest BCUT2D eigenvalue weighted by molar-refractivity contribution is 0.152. The number of para-hydroxylation sites is 1. The number of nitrogens with one attached hydrogen (secondary N) is 1. The first kappa shape index (κ1) is 13.3. The van der Waals surface area contributed by atoms with Crippen molar-refractivity contribution in [3.63, 3.8) is 0 Å². The van der Waals surface area contributed by atoms with Crippen LogP contribution in [0.25, 0.3) is 0 Å². The predicted octanol–water partition coefficient (Wildman–Crippen LogP) is 0.989. The molecule has 0 aliphatic carbocycles. The van der Waals surface area contributed by atoms with E-state index in [4.69, 9.17) is 10.5 Å². The monoisotopic (exact) mass is 249 g/mol. The van der Waals surface area contributed by atoms with Gasteiger partial charge in [-0.25, -0.2) is 0 Å². The van der Waals surface area contributed by atoms with Crippen LogP contribution in [0.15, 0.2) is 24.3 Å². The number of ether oxygens (including phenoxy) is 1. The highest BCUT2D eigenvalue weighted by molar-refractivity contribution is 5.36. The number of hydrogen-bond donors (Lipinski definition) is 2. The minimum Gasteiger partial charge on any atom is -0.496 e. The van der Waals surface area contributed by atoms with Gasteiger partial charge in [0.2, 0.25) is 0 Å². The van der Waals surface area contributed by atoms with Gasteiger partial charge in [-0.3, -0.25) is 4.90 Å². The van der Waals surface area contributed by atoms with Crippen LogP contribution in [0.2, 0.25) is 0 Å². The number of nitrogens with two attached hydrogens (primary N) is 1. The van der Waals surface area contributed by atoms with Crippen molar-refractivity contribution in [3.05, 3.63) is 29.8 Å². The van der Waals surface area contributed by atoms with Crippen molar-refractivity contribution in [3.8, 4) is 5.75 Å². The SMILES string of the molecule is COc1ccccc1C1CNCCN1CC(C)N. The number of benzene rings is 1. The van der Waals surface area contributed by atoms with Gasteiger partial charge < -0.3 is 15.8 Å². The molecule has 1 aliphatic rings. The molecule has 4 heteroatoms. The van der Waals surface area contributed by atoms with Crippen LogP contribution >= 0.6 is 0 Å². The smallest absolute Gasteiger partial charge is 0.123 e. The first-order valence-electron chi connectivity index (χ1n) is 6.55. The molecule has 0 saturated carbocycles. The van der Waals surface area contributed by atoms with Gasteiger partial charge in [-0.15, -0.1) is 0 Å². The molecule has 1 saturated heterocycles. The Hall–Kier alpha value is -1.10. The molecule has 0 radical (unpaired) electrons. The Labute approximate surface area is 109 Å². The largest absolute Gasteiger partial charge is 0.496 e. The quantitative estimate of drug-likeness (QED) is 0.835. The molecule has 2 rings (SSSR count). The molecule has 18 heavy (non-hydrogen) atoms. The summed E-state index contributed by atoms with van der Waals surface area (Å²) in [6, 6.07) is 8.78. The zero-order valence-electron chi connectivity index (χ0n) is 11.2. The Balaban J connectivity index is 2.22. The molecule has 0 bridgehead atoms. The zero-order valence-corrected chi connectivity index (χ0v) is 11.2. The van der Waals surface area contributed by atoms with E-state index < -0.39 is 0 Å². The summed E-state index contributed by atoms with van der Waals surface area (Å²) in [6.45, 7) is 5.99. The molecule has 100 valence electrons. The number of methoxy groups -OCH3 is 1. The van der Waals surface area contributed by atoms with Crippen molar-refractivity contribution in [2.24, 2.45) is 5.73 Å². The molecule has 2 atom stereocenters. The molecular formula is C14H23N3O. The van der Waals surface area contributed by atoms with Gasteiger partial charge in [0.15, 0.2) is 0 Å². The highest BCUT2D eigenvalue weighted by atomic mass is 16.5. The fourth-order valence-electron chi connectivity index (χ4n) is 2.58. The van der Waals surface area contributed by atoms with Crippen LogP contribution in [0.5, 0.6) is 5.75 Å². The lowest BCUT2D eigenvalue weighted by atomic mass is 10.0. The maximum Gasteiger partial charge on any atom is 0.123 e. The maximum atomic E-state index is 5.94. The lowest BCUT2D eigenvalue weighted by Crippen LogP contribution is -2.49. The third kappa shape index (κ3) is 3.02. The number of piperazine rings is 1. The fraction of sp³-hybridized carbons (Fsp3) is 0.571. The van der Waals surface area contributed by atoms with Gasteiger partial charge in [0, 0.05) is 37.8 Å². The van der Waals surface area contributed by atoms with E-state index >= 15 is 0 Å². The van der Waals surface area contributed by atoms with E-state index in [1.165, 1.54) is 5.56 Å². The summed E-state index contributed by atoms with van der Waals surface area (Å²) in [4.78, 5) is 2.44. The van der Waals surface area contributed by atoms with Crippen molar-refractivity contribution in [1.29, 1.82) is 0 Å². The number of rotatable bonds is 4. The summed E-state index contributed by atoms with van der Waals surface area (Å²) >= 11 is 0. The fourth-order valence-corrected chi connectivity index (χ4v) is 2.58. The van der Waals surface area contributed by atoms with Crippen molar-refractivity contribution in [1.82, 2.24) is 10.2 Å². The summed E-state index contributed by atoms with van der Waals surface area (Å²) < 4.78 is 5.47. The van der Waals surface area contributed by atoms with Crippen LogP contribution < -0.4 is 15.8 Å². The number of hydrogen-bond acceptors (Lipinski definition) is 4. The average Bonchev–Trinajstić information content (AvgIpc) is 2.39. The van der Waals surface area contributed by atoms with Crippen molar-refractivity contribution in [2.45, 2.75) is 19.0 Å². The molecule has 2 unspecified atom stereocenters. The Morgan fingerprint density at radius 3 is 3.00 bits per heavy atom. The molecular weight excluding hydrogens is 226 g/mol. The van der Waals surface area contributed by atoms with Crippen LogP contribution in [0.4, 0.5) is 0 Å². The molecule has 0 amide bonds. The third-order valence-electron chi connectivity index (χ3n) is 3.37. The minimum absolute atomic E-state index is 0.195. The molecule has 1 aromatic carbocycles. The molecule has 0 aromatic heterocycles. The minimum atomic E-state index is 0.195. The van der Waals surface area contributed by atoms with Gasteiger partial charge in [0.25, 0.3) is 0 Å². The zero-order chi connectivity index (χ0) is 13.0. The Bertz CT molecular complexity index is 381. The van der Waals surface area contributed by atoms with Crippen LogP contribution in [0.3, 0.4) is 0 Å². The van der Waals surface area contributed by atoms with Crippen molar-refractivity contribution in [2.75, 3.05) is 33.3 Å². The van der Waals surface area contributed by atoms with Gasteiger partial charge in [0.05, 0.1) is 13.2 Å². The summed E-state index contributed by atoms with van der Waals surface area (Å²) in [7, 11) is 1.73. The predicted molar refractivity (Wildman–Crippen MR) is 73.8 cm³/mol. The van der Waals surface area contributed by atoms with Crippen LogP contribution in [-0.4, -0.2) is 44.2 Å². The second kappa shape index (κ2) is 6.18. The van der Waals surface area contributed by atoms with E-state index in [0.717, 1.165) is 31.9 Å². The van der Waals surface area contributed by atoms with Gasteiger partial charge in [-0.1, -0.05) is 18.2 Å². The Morgan fingerprint density at radius 2 is 2.28 bits per heavy atom. The first-order valence-corrected chi connectivity index (χ1v) is 6.55. The Morgan fingerprint density at radius 1 is 1.50 bits per heavy atom. The van der Waals surface area contributed by atoms with Gasteiger partial charge in [-0.2, -0.15) is 0 Å². The van der Waals surface area contributed by atoms with Crippen LogP contribution in [-0.2, 0) is 0 Å². The van der Waals surface area contributed by atoms with Crippen molar-refractivity contribution < 1.29 is 4.74 Å². The normalized spacial score (nSPS) is 22.7. The topological polar surface area (TPSA) is 50.5 Å².